The Labute approximate surface area is 134 Å². The fraction of sp³-hybridized carbons (Fsp3) is 0.294. The maximum absolute atomic E-state index is 6.02. The second-order valence-corrected chi connectivity index (χ2v) is 5.54. The van der Waals surface area contributed by atoms with Crippen molar-refractivity contribution in [3.8, 4) is 11.5 Å². The van der Waals surface area contributed by atoms with Crippen LogP contribution in [0, 0.1) is 0 Å². The standard InChI is InChI=1S/C17H20BrNO2/c1-3-20-16-6-4-5-14(11-19-2)17(16)21-12-13-7-9-15(18)10-8-13/h4-10,19H,3,11-12H2,1-2H3. The van der Waals surface area contributed by atoms with Gasteiger partial charge in [-0.05, 0) is 37.7 Å². The van der Waals surface area contributed by atoms with Crippen LogP contribution in [0.1, 0.15) is 18.1 Å². The quantitative estimate of drug-likeness (QED) is 0.814. The third-order valence-electron chi connectivity index (χ3n) is 3.02. The minimum absolute atomic E-state index is 0.522. The van der Waals surface area contributed by atoms with Gasteiger partial charge in [-0.3, -0.25) is 0 Å². The Morgan fingerprint density at radius 1 is 1.05 bits per heavy atom. The summed E-state index contributed by atoms with van der Waals surface area (Å²) in [5.41, 5.74) is 2.22. The predicted molar refractivity (Wildman–Crippen MR) is 88.8 cm³/mol. The van der Waals surface area contributed by atoms with E-state index in [0.29, 0.717) is 13.2 Å². The van der Waals surface area contributed by atoms with E-state index in [9.17, 15) is 0 Å². The van der Waals surface area contributed by atoms with Gasteiger partial charge in [-0.2, -0.15) is 0 Å². The van der Waals surface area contributed by atoms with Gasteiger partial charge in [0.1, 0.15) is 6.61 Å². The van der Waals surface area contributed by atoms with E-state index in [4.69, 9.17) is 9.47 Å². The number of nitrogens with one attached hydrogen (secondary N) is 1. The number of hydrogen-bond donors (Lipinski definition) is 1. The zero-order valence-electron chi connectivity index (χ0n) is 12.4. The first-order valence-electron chi connectivity index (χ1n) is 7.01. The fourth-order valence-electron chi connectivity index (χ4n) is 2.06. The summed E-state index contributed by atoms with van der Waals surface area (Å²) in [5, 5.41) is 3.16. The van der Waals surface area contributed by atoms with Gasteiger partial charge in [0.15, 0.2) is 11.5 Å². The van der Waals surface area contributed by atoms with E-state index in [-0.39, 0.29) is 0 Å². The third-order valence-corrected chi connectivity index (χ3v) is 3.55. The van der Waals surface area contributed by atoms with Crippen molar-refractivity contribution in [2.75, 3.05) is 13.7 Å². The van der Waals surface area contributed by atoms with Crippen LogP contribution in [0.5, 0.6) is 11.5 Å². The van der Waals surface area contributed by atoms with Crippen molar-refractivity contribution < 1.29 is 9.47 Å². The molecule has 112 valence electrons. The van der Waals surface area contributed by atoms with Crippen molar-refractivity contribution in [3.05, 3.63) is 58.1 Å². The summed E-state index contributed by atoms with van der Waals surface area (Å²) in [6, 6.07) is 14.1. The molecule has 0 aromatic heterocycles. The first-order chi connectivity index (χ1) is 10.2. The highest BCUT2D eigenvalue weighted by Gasteiger charge is 2.10. The lowest BCUT2D eigenvalue weighted by molar-refractivity contribution is 0.266. The Morgan fingerprint density at radius 2 is 1.81 bits per heavy atom. The number of benzene rings is 2. The topological polar surface area (TPSA) is 30.5 Å². The Kier molecular flexibility index (Phi) is 6.08. The van der Waals surface area contributed by atoms with Crippen molar-refractivity contribution in [1.82, 2.24) is 5.32 Å². The van der Waals surface area contributed by atoms with Crippen LogP contribution in [0.25, 0.3) is 0 Å². The molecule has 0 bridgehead atoms. The highest BCUT2D eigenvalue weighted by atomic mass is 79.9. The zero-order valence-corrected chi connectivity index (χ0v) is 13.9. The van der Waals surface area contributed by atoms with Gasteiger partial charge in [-0.1, -0.05) is 40.2 Å². The summed E-state index contributed by atoms with van der Waals surface area (Å²) < 4.78 is 12.8. The maximum atomic E-state index is 6.02. The van der Waals surface area contributed by atoms with Crippen LogP contribution in [0.4, 0.5) is 0 Å². The van der Waals surface area contributed by atoms with E-state index in [1.54, 1.807) is 0 Å². The molecular weight excluding hydrogens is 330 g/mol. The van der Waals surface area contributed by atoms with Gasteiger partial charge in [0, 0.05) is 16.6 Å². The highest BCUT2D eigenvalue weighted by Crippen LogP contribution is 2.32. The van der Waals surface area contributed by atoms with E-state index in [0.717, 1.165) is 33.6 Å². The lowest BCUT2D eigenvalue weighted by atomic mass is 10.1. The summed E-state index contributed by atoms with van der Waals surface area (Å²) >= 11 is 3.44. The molecular formula is C17H20BrNO2. The molecule has 0 amide bonds. The van der Waals surface area contributed by atoms with E-state index < -0.39 is 0 Å². The highest BCUT2D eigenvalue weighted by molar-refractivity contribution is 9.10. The summed E-state index contributed by atoms with van der Waals surface area (Å²) in [6.45, 7) is 3.87. The summed E-state index contributed by atoms with van der Waals surface area (Å²) in [5.74, 6) is 1.61. The average molecular weight is 350 g/mol. The molecule has 3 nitrogen and oxygen atoms in total. The van der Waals surface area contributed by atoms with Crippen LogP contribution in [0.15, 0.2) is 46.9 Å². The van der Waals surface area contributed by atoms with Crippen molar-refractivity contribution >= 4 is 15.9 Å². The molecule has 0 radical (unpaired) electrons. The van der Waals surface area contributed by atoms with Crippen LogP contribution in [-0.2, 0) is 13.2 Å². The monoisotopic (exact) mass is 349 g/mol. The minimum Gasteiger partial charge on any atom is -0.490 e. The van der Waals surface area contributed by atoms with Crippen LogP contribution in [0.3, 0.4) is 0 Å². The normalized spacial score (nSPS) is 10.4. The maximum Gasteiger partial charge on any atom is 0.166 e. The predicted octanol–water partition coefficient (Wildman–Crippen LogP) is 4.15. The van der Waals surface area contributed by atoms with Crippen LogP contribution in [0.2, 0.25) is 0 Å². The smallest absolute Gasteiger partial charge is 0.166 e. The fourth-order valence-corrected chi connectivity index (χ4v) is 2.32. The lowest BCUT2D eigenvalue weighted by Gasteiger charge is -2.16. The number of para-hydroxylation sites is 1. The van der Waals surface area contributed by atoms with Crippen molar-refractivity contribution in [3.63, 3.8) is 0 Å². The van der Waals surface area contributed by atoms with Crippen LogP contribution in [-0.4, -0.2) is 13.7 Å². The molecule has 0 fully saturated rings. The summed E-state index contributed by atoms with van der Waals surface area (Å²) in [7, 11) is 1.92. The molecule has 0 aliphatic rings. The van der Waals surface area contributed by atoms with Gasteiger partial charge in [-0.25, -0.2) is 0 Å². The van der Waals surface area contributed by atoms with Crippen LogP contribution < -0.4 is 14.8 Å². The number of hydrogen-bond acceptors (Lipinski definition) is 3. The van der Waals surface area contributed by atoms with Gasteiger partial charge in [-0.15, -0.1) is 0 Å². The Morgan fingerprint density at radius 3 is 2.48 bits per heavy atom. The van der Waals surface area contributed by atoms with Gasteiger partial charge >= 0.3 is 0 Å². The van der Waals surface area contributed by atoms with Gasteiger partial charge in [0.2, 0.25) is 0 Å². The summed E-state index contributed by atoms with van der Waals surface area (Å²) in [4.78, 5) is 0. The van der Waals surface area contributed by atoms with E-state index >= 15 is 0 Å². The Hall–Kier alpha value is -1.52. The zero-order chi connectivity index (χ0) is 15.1. The van der Waals surface area contributed by atoms with Crippen molar-refractivity contribution in [2.24, 2.45) is 0 Å². The van der Waals surface area contributed by atoms with E-state index in [1.807, 2.05) is 50.4 Å². The molecule has 0 atom stereocenters. The summed E-state index contributed by atoms with van der Waals surface area (Å²) in [6.07, 6.45) is 0. The molecule has 4 heteroatoms. The van der Waals surface area contributed by atoms with E-state index in [2.05, 4.69) is 27.3 Å². The first-order valence-corrected chi connectivity index (χ1v) is 7.80. The van der Waals surface area contributed by atoms with Crippen LogP contribution >= 0.6 is 15.9 Å². The molecule has 2 rings (SSSR count). The molecule has 0 heterocycles. The van der Waals surface area contributed by atoms with Gasteiger partial charge in [0.05, 0.1) is 6.61 Å². The Balaban J connectivity index is 2.17. The number of halogens is 1. The second-order valence-electron chi connectivity index (χ2n) is 4.62. The molecule has 0 spiro atoms. The molecule has 0 aliphatic carbocycles. The Bertz CT molecular complexity index is 545. The molecule has 2 aromatic rings. The molecule has 0 unspecified atom stereocenters. The second kappa shape index (κ2) is 8.05. The molecule has 21 heavy (non-hydrogen) atoms. The SMILES string of the molecule is CCOc1cccc(CNC)c1OCc1ccc(Br)cc1. The molecule has 2 aromatic carbocycles. The first kappa shape index (κ1) is 15.9. The molecule has 0 saturated heterocycles. The lowest BCUT2D eigenvalue weighted by Crippen LogP contribution is -2.09. The van der Waals surface area contributed by atoms with Gasteiger partial charge in [0.25, 0.3) is 0 Å². The largest absolute Gasteiger partial charge is 0.490 e. The third kappa shape index (κ3) is 4.48. The molecule has 0 aliphatic heterocycles. The van der Waals surface area contributed by atoms with Gasteiger partial charge < -0.3 is 14.8 Å². The average Bonchev–Trinajstić information content (AvgIpc) is 2.49. The number of rotatable bonds is 7. The van der Waals surface area contributed by atoms with E-state index in [1.165, 1.54) is 0 Å². The number of ether oxygens (including phenoxy) is 2. The molecule has 0 saturated carbocycles. The minimum atomic E-state index is 0.522. The van der Waals surface area contributed by atoms with Crippen molar-refractivity contribution in [2.45, 2.75) is 20.1 Å². The molecule has 1 N–H and O–H groups in total. The van der Waals surface area contributed by atoms with Crippen molar-refractivity contribution in [1.29, 1.82) is 0 Å².